The Morgan fingerprint density at radius 1 is 1.14 bits per heavy atom. The number of hydrogen-bond acceptors (Lipinski definition) is 2. The summed E-state index contributed by atoms with van der Waals surface area (Å²) in [5.74, 6) is 0.854. The zero-order chi connectivity index (χ0) is 15.5. The molecule has 2 aromatic carbocycles. The van der Waals surface area contributed by atoms with Crippen molar-refractivity contribution < 1.29 is 4.74 Å². The van der Waals surface area contributed by atoms with Crippen molar-refractivity contribution >= 4 is 22.8 Å². The number of rotatable bonds is 4. The fourth-order valence-corrected chi connectivity index (χ4v) is 2.67. The molecule has 3 heteroatoms. The highest BCUT2D eigenvalue weighted by atomic mass is 16.5. The molecule has 0 radical (unpaired) electrons. The first-order chi connectivity index (χ1) is 10.7. The molecule has 3 rings (SSSR count). The van der Waals surface area contributed by atoms with E-state index in [1.807, 2.05) is 37.4 Å². The Morgan fingerprint density at radius 3 is 2.77 bits per heavy atom. The number of benzene rings is 2. The Hall–Kier alpha value is -2.55. The number of nitrogens with zero attached hydrogens (tertiary/aromatic N) is 2. The predicted octanol–water partition coefficient (Wildman–Crippen LogP) is 4.64. The zero-order valence-corrected chi connectivity index (χ0v) is 13.2. The molecule has 22 heavy (non-hydrogen) atoms. The average Bonchev–Trinajstić information content (AvgIpc) is 2.78. The lowest BCUT2D eigenvalue weighted by molar-refractivity contribution is 0.340. The lowest BCUT2D eigenvalue weighted by Crippen LogP contribution is -1.92. The van der Waals surface area contributed by atoms with Crippen LogP contribution in [0.2, 0.25) is 0 Å². The number of fused-ring (bicyclic) bond motifs is 1. The van der Waals surface area contributed by atoms with Gasteiger partial charge in [0.1, 0.15) is 5.75 Å². The van der Waals surface area contributed by atoms with Gasteiger partial charge in [0.25, 0.3) is 0 Å². The molecule has 1 heterocycles. The van der Waals surface area contributed by atoms with E-state index in [1.165, 1.54) is 22.2 Å². The molecule has 0 saturated heterocycles. The zero-order valence-electron chi connectivity index (χ0n) is 13.2. The molecular formula is C19H20N2O. The molecule has 112 valence electrons. The van der Waals surface area contributed by atoms with E-state index in [0.29, 0.717) is 6.61 Å². The van der Waals surface area contributed by atoms with Crippen molar-refractivity contribution in [2.75, 3.05) is 6.61 Å². The lowest BCUT2D eigenvalue weighted by atomic mass is 10.1. The molecular weight excluding hydrogens is 272 g/mol. The molecule has 0 amide bonds. The highest BCUT2D eigenvalue weighted by molar-refractivity contribution is 6.01. The molecule has 0 unspecified atom stereocenters. The van der Waals surface area contributed by atoms with E-state index in [-0.39, 0.29) is 0 Å². The first-order valence-corrected chi connectivity index (χ1v) is 7.51. The van der Waals surface area contributed by atoms with Gasteiger partial charge in [-0.1, -0.05) is 24.3 Å². The Kier molecular flexibility index (Phi) is 3.96. The molecule has 1 aromatic heterocycles. The number of hydrogen-bond donors (Lipinski definition) is 0. The van der Waals surface area contributed by atoms with Gasteiger partial charge in [-0.25, -0.2) is 0 Å². The molecule has 0 aliphatic carbocycles. The molecule has 3 aromatic rings. The Labute approximate surface area is 130 Å². The van der Waals surface area contributed by atoms with Crippen LogP contribution in [-0.4, -0.2) is 17.4 Å². The van der Waals surface area contributed by atoms with Gasteiger partial charge in [-0.15, -0.1) is 0 Å². The van der Waals surface area contributed by atoms with Crippen LogP contribution in [0.1, 0.15) is 18.2 Å². The molecule has 0 fully saturated rings. The summed E-state index contributed by atoms with van der Waals surface area (Å²) in [5, 5.41) is 1.23. The minimum Gasteiger partial charge on any atom is -0.494 e. The van der Waals surface area contributed by atoms with Crippen molar-refractivity contribution in [1.29, 1.82) is 0 Å². The standard InChI is InChI=1S/C19H20N2O/c1-4-22-16-9-7-8-15(12-16)20-13-18-14(2)21(3)19-11-6-5-10-17(18)19/h5-13H,4H2,1-3H3. The van der Waals surface area contributed by atoms with E-state index >= 15 is 0 Å². The van der Waals surface area contributed by atoms with Crippen LogP contribution in [0.4, 0.5) is 5.69 Å². The van der Waals surface area contributed by atoms with Gasteiger partial charge in [-0.2, -0.15) is 0 Å². The van der Waals surface area contributed by atoms with Crippen molar-refractivity contribution in [3.05, 3.63) is 59.8 Å². The minimum absolute atomic E-state index is 0.662. The summed E-state index contributed by atoms with van der Waals surface area (Å²) in [6.45, 7) is 4.77. The smallest absolute Gasteiger partial charge is 0.121 e. The van der Waals surface area contributed by atoms with Crippen LogP contribution >= 0.6 is 0 Å². The summed E-state index contributed by atoms with van der Waals surface area (Å²) >= 11 is 0. The van der Waals surface area contributed by atoms with Gasteiger partial charge in [0.2, 0.25) is 0 Å². The van der Waals surface area contributed by atoms with E-state index in [9.17, 15) is 0 Å². The summed E-state index contributed by atoms with van der Waals surface area (Å²) in [5.41, 5.74) is 4.51. The first kappa shape index (κ1) is 14.4. The molecule has 0 aliphatic heterocycles. The number of aryl methyl sites for hydroxylation is 1. The van der Waals surface area contributed by atoms with Crippen LogP contribution in [0.25, 0.3) is 10.9 Å². The van der Waals surface area contributed by atoms with E-state index in [2.05, 4.69) is 47.8 Å². The Bertz CT molecular complexity index is 831. The summed E-state index contributed by atoms with van der Waals surface area (Å²) in [6, 6.07) is 16.3. The third-order valence-corrected chi connectivity index (χ3v) is 3.92. The van der Waals surface area contributed by atoms with Gasteiger partial charge >= 0.3 is 0 Å². The molecule has 0 N–H and O–H groups in total. The second kappa shape index (κ2) is 6.06. The molecule has 3 nitrogen and oxygen atoms in total. The van der Waals surface area contributed by atoms with Gasteiger partial charge in [-0.3, -0.25) is 4.99 Å². The third-order valence-electron chi connectivity index (χ3n) is 3.92. The minimum atomic E-state index is 0.662. The number of aliphatic imine (C=N–C) groups is 1. The van der Waals surface area contributed by atoms with Gasteiger partial charge in [-0.05, 0) is 32.0 Å². The van der Waals surface area contributed by atoms with Crippen molar-refractivity contribution in [3.63, 3.8) is 0 Å². The van der Waals surface area contributed by atoms with Gasteiger partial charge < -0.3 is 9.30 Å². The van der Waals surface area contributed by atoms with Crippen molar-refractivity contribution in [3.8, 4) is 5.75 Å². The summed E-state index contributed by atoms with van der Waals surface area (Å²) < 4.78 is 7.72. The molecule has 0 saturated carbocycles. The normalized spacial score (nSPS) is 11.4. The SMILES string of the molecule is CCOc1cccc(N=Cc2c(C)n(C)c3ccccc23)c1. The van der Waals surface area contributed by atoms with Crippen molar-refractivity contribution in [1.82, 2.24) is 4.57 Å². The van der Waals surface area contributed by atoms with E-state index in [4.69, 9.17) is 4.74 Å². The maximum atomic E-state index is 5.52. The maximum Gasteiger partial charge on any atom is 0.121 e. The molecule has 0 bridgehead atoms. The predicted molar refractivity (Wildman–Crippen MR) is 92.5 cm³/mol. The number of aromatic nitrogens is 1. The van der Waals surface area contributed by atoms with E-state index in [0.717, 1.165) is 11.4 Å². The van der Waals surface area contributed by atoms with Crippen LogP contribution in [0.5, 0.6) is 5.75 Å². The largest absolute Gasteiger partial charge is 0.494 e. The number of para-hydroxylation sites is 1. The van der Waals surface area contributed by atoms with Crippen molar-refractivity contribution in [2.24, 2.45) is 12.0 Å². The fourth-order valence-electron chi connectivity index (χ4n) is 2.67. The second-order valence-electron chi connectivity index (χ2n) is 5.26. The van der Waals surface area contributed by atoms with Crippen LogP contribution in [0, 0.1) is 6.92 Å². The summed E-state index contributed by atoms with van der Waals surface area (Å²) in [6.07, 6.45) is 1.95. The van der Waals surface area contributed by atoms with Crippen molar-refractivity contribution in [2.45, 2.75) is 13.8 Å². The topological polar surface area (TPSA) is 26.5 Å². The maximum absolute atomic E-state index is 5.52. The Morgan fingerprint density at radius 2 is 1.95 bits per heavy atom. The summed E-state index contributed by atoms with van der Waals surface area (Å²) in [4.78, 5) is 4.63. The second-order valence-corrected chi connectivity index (χ2v) is 5.26. The van der Waals surface area contributed by atoms with Crippen LogP contribution in [0.3, 0.4) is 0 Å². The van der Waals surface area contributed by atoms with E-state index < -0.39 is 0 Å². The van der Waals surface area contributed by atoms with Gasteiger partial charge in [0.15, 0.2) is 0 Å². The van der Waals surface area contributed by atoms with E-state index in [1.54, 1.807) is 0 Å². The quantitative estimate of drug-likeness (QED) is 0.644. The molecule has 0 spiro atoms. The molecule has 0 aliphatic rings. The van der Waals surface area contributed by atoms with Crippen LogP contribution < -0.4 is 4.74 Å². The van der Waals surface area contributed by atoms with Gasteiger partial charge in [0, 0.05) is 41.5 Å². The highest BCUT2D eigenvalue weighted by Gasteiger charge is 2.09. The first-order valence-electron chi connectivity index (χ1n) is 7.51. The highest BCUT2D eigenvalue weighted by Crippen LogP contribution is 2.25. The average molecular weight is 292 g/mol. The summed E-state index contributed by atoms with van der Waals surface area (Å²) in [7, 11) is 2.09. The van der Waals surface area contributed by atoms with Crippen LogP contribution in [-0.2, 0) is 7.05 Å². The Balaban J connectivity index is 1.99. The molecule has 0 atom stereocenters. The third kappa shape index (κ3) is 2.62. The lowest BCUT2D eigenvalue weighted by Gasteiger charge is -2.02. The number of ether oxygens (including phenoxy) is 1. The van der Waals surface area contributed by atoms with Crippen LogP contribution in [0.15, 0.2) is 53.5 Å². The monoisotopic (exact) mass is 292 g/mol. The fraction of sp³-hybridized carbons (Fsp3) is 0.211. The van der Waals surface area contributed by atoms with Gasteiger partial charge in [0.05, 0.1) is 12.3 Å².